The van der Waals surface area contributed by atoms with Gasteiger partial charge in [-0.2, -0.15) is 0 Å². The smallest absolute Gasteiger partial charge is 0.193 e. The lowest BCUT2D eigenvalue weighted by atomic mass is 10.1. The van der Waals surface area contributed by atoms with Gasteiger partial charge in [-0.3, -0.25) is 4.99 Å². The fourth-order valence-electron chi connectivity index (χ4n) is 3.69. The second-order valence-electron chi connectivity index (χ2n) is 7.18. The van der Waals surface area contributed by atoms with Gasteiger partial charge in [0.15, 0.2) is 5.96 Å². The number of likely N-dealkylation sites (tertiary alicyclic amines) is 1. The van der Waals surface area contributed by atoms with E-state index in [4.69, 9.17) is 21.1 Å². The van der Waals surface area contributed by atoms with Crippen LogP contribution in [0.25, 0.3) is 0 Å². The Kier molecular flexibility index (Phi) is 7.33. The van der Waals surface area contributed by atoms with Gasteiger partial charge in [-0.15, -0.1) is 0 Å². The van der Waals surface area contributed by atoms with Crippen molar-refractivity contribution in [2.75, 3.05) is 40.5 Å². The predicted octanol–water partition coefficient (Wildman–Crippen LogP) is 3.43. The van der Waals surface area contributed by atoms with E-state index in [9.17, 15) is 4.39 Å². The summed E-state index contributed by atoms with van der Waals surface area (Å²) in [6.07, 6.45) is 4.09. The topological polar surface area (TPSA) is 46.1 Å². The first-order chi connectivity index (χ1) is 13.1. The van der Waals surface area contributed by atoms with Crippen LogP contribution in [-0.2, 0) is 9.47 Å². The Balaban J connectivity index is 1.46. The molecule has 0 bridgehead atoms. The van der Waals surface area contributed by atoms with E-state index in [1.54, 1.807) is 26.3 Å². The number of nitrogens with one attached hydrogen (secondary N) is 1. The lowest BCUT2D eigenvalue weighted by Gasteiger charge is -2.34. The van der Waals surface area contributed by atoms with Crippen LogP contribution in [0.3, 0.4) is 0 Å². The Hall–Kier alpha value is -1.37. The Labute approximate surface area is 165 Å². The van der Waals surface area contributed by atoms with Crippen molar-refractivity contribution in [1.82, 2.24) is 10.2 Å². The number of methoxy groups -OCH3 is 1. The average molecular weight is 398 g/mol. The van der Waals surface area contributed by atoms with Gasteiger partial charge in [0, 0.05) is 63.0 Å². The number of halogens is 2. The van der Waals surface area contributed by atoms with Crippen molar-refractivity contribution in [3.8, 4) is 0 Å². The van der Waals surface area contributed by atoms with Gasteiger partial charge < -0.3 is 19.7 Å². The molecule has 1 heterocycles. The quantitative estimate of drug-likeness (QED) is 0.435. The van der Waals surface area contributed by atoms with Gasteiger partial charge in [0.05, 0.1) is 6.10 Å². The monoisotopic (exact) mass is 397 g/mol. The highest BCUT2D eigenvalue weighted by Gasteiger charge is 2.42. The van der Waals surface area contributed by atoms with Crippen molar-refractivity contribution in [2.24, 2.45) is 4.99 Å². The molecule has 0 spiro atoms. The summed E-state index contributed by atoms with van der Waals surface area (Å²) in [5.41, 5.74) is 0.621. The van der Waals surface area contributed by atoms with Crippen molar-refractivity contribution in [3.05, 3.63) is 34.6 Å². The van der Waals surface area contributed by atoms with Crippen LogP contribution in [0.2, 0.25) is 5.02 Å². The van der Waals surface area contributed by atoms with Crippen LogP contribution < -0.4 is 5.32 Å². The highest BCUT2D eigenvalue weighted by Crippen LogP contribution is 2.45. The van der Waals surface area contributed by atoms with Crippen molar-refractivity contribution in [1.29, 1.82) is 0 Å². The lowest BCUT2D eigenvalue weighted by molar-refractivity contribution is 0.00989. The molecular weight excluding hydrogens is 369 g/mol. The molecule has 0 radical (unpaired) electrons. The van der Waals surface area contributed by atoms with Crippen LogP contribution >= 0.6 is 11.6 Å². The molecule has 1 saturated heterocycles. The minimum absolute atomic E-state index is 0.108. The Morgan fingerprint density at radius 1 is 1.33 bits per heavy atom. The second kappa shape index (κ2) is 9.71. The fourth-order valence-corrected chi connectivity index (χ4v) is 3.99. The van der Waals surface area contributed by atoms with Crippen LogP contribution in [0.4, 0.5) is 4.39 Å². The lowest BCUT2D eigenvalue weighted by Crippen LogP contribution is -2.47. The van der Waals surface area contributed by atoms with E-state index in [-0.39, 0.29) is 17.8 Å². The molecule has 150 valence electrons. The summed E-state index contributed by atoms with van der Waals surface area (Å²) in [7, 11) is 3.50. The van der Waals surface area contributed by atoms with Crippen LogP contribution in [0, 0.1) is 5.82 Å². The molecule has 1 aliphatic carbocycles. The molecule has 0 aromatic heterocycles. The largest absolute Gasteiger partial charge is 0.385 e. The van der Waals surface area contributed by atoms with E-state index in [0.717, 1.165) is 57.9 Å². The van der Waals surface area contributed by atoms with Crippen LogP contribution in [-0.4, -0.2) is 63.5 Å². The van der Waals surface area contributed by atoms with E-state index >= 15 is 0 Å². The SMILES string of the molecule is CN=C(NC1CC1c1c(F)cccc1Cl)N1CCC(OCCCOC)CC1. The predicted molar refractivity (Wildman–Crippen MR) is 106 cm³/mol. The third-order valence-electron chi connectivity index (χ3n) is 5.28. The van der Waals surface area contributed by atoms with Crippen molar-refractivity contribution >= 4 is 17.6 Å². The highest BCUT2D eigenvalue weighted by molar-refractivity contribution is 6.31. The molecular formula is C20H29ClFN3O2. The molecule has 1 N–H and O–H groups in total. The zero-order valence-electron chi connectivity index (χ0n) is 16.1. The molecule has 0 amide bonds. The third-order valence-corrected chi connectivity index (χ3v) is 5.60. The highest BCUT2D eigenvalue weighted by atomic mass is 35.5. The minimum atomic E-state index is -0.224. The standard InChI is InChI=1S/C20H29ClFN3O2/c1-23-20(25-9-7-14(8-10-25)27-12-4-11-26-2)24-18-13-15(18)19-16(21)5-3-6-17(19)22/h3,5-6,14-15,18H,4,7-13H2,1-2H3,(H,23,24). The molecule has 3 rings (SSSR count). The van der Waals surface area contributed by atoms with Crippen LogP contribution in [0.5, 0.6) is 0 Å². The van der Waals surface area contributed by atoms with Gasteiger partial charge in [-0.05, 0) is 37.8 Å². The van der Waals surface area contributed by atoms with Crippen LogP contribution in [0.1, 0.15) is 37.2 Å². The van der Waals surface area contributed by atoms with E-state index in [0.29, 0.717) is 16.7 Å². The van der Waals surface area contributed by atoms with Gasteiger partial charge in [-0.25, -0.2) is 4.39 Å². The second-order valence-corrected chi connectivity index (χ2v) is 7.59. The first-order valence-electron chi connectivity index (χ1n) is 9.66. The molecule has 1 saturated carbocycles. The van der Waals surface area contributed by atoms with Gasteiger partial charge in [0.2, 0.25) is 0 Å². The Morgan fingerprint density at radius 2 is 2.11 bits per heavy atom. The maximum atomic E-state index is 14.1. The Bertz CT molecular complexity index is 630. The number of benzene rings is 1. The molecule has 2 fully saturated rings. The van der Waals surface area contributed by atoms with Crippen LogP contribution in [0.15, 0.2) is 23.2 Å². The average Bonchev–Trinajstić information content (AvgIpc) is 3.42. The van der Waals surface area contributed by atoms with E-state index in [1.807, 2.05) is 0 Å². The first-order valence-corrected chi connectivity index (χ1v) is 10.0. The van der Waals surface area contributed by atoms with Gasteiger partial charge in [0.1, 0.15) is 5.82 Å². The summed E-state index contributed by atoms with van der Waals surface area (Å²) < 4.78 is 25.1. The maximum Gasteiger partial charge on any atom is 0.193 e. The maximum absolute atomic E-state index is 14.1. The van der Waals surface area contributed by atoms with E-state index in [1.165, 1.54) is 6.07 Å². The summed E-state index contributed by atoms with van der Waals surface area (Å²) in [6.45, 7) is 3.31. The summed E-state index contributed by atoms with van der Waals surface area (Å²) >= 11 is 6.20. The van der Waals surface area contributed by atoms with Gasteiger partial charge >= 0.3 is 0 Å². The van der Waals surface area contributed by atoms with Crippen molar-refractivity contribution in [3.63, 3.8) is 0 Å². The zero-order chi connectivity index (χ0) is 19.2. The van der Waals surface area contributed by atoms with Gasteiger partial charge in [-0.1, -0.05) is 17.7 Å². The number of aliphatic imine (C=N–C) groups is 1. The summed E-state index contributed by atoms with van der Waals surface area (Å²) in [5, 5.41) is 3.99. The number of guanidine groups is 1. The van der Waals surface area contributed by atoms with Gasteiger partial charge in [0.25, 0.3) is 0 Å². The summed E-state index contributed by atoms with van der Waals surface area (Å²) in [5.74, 6) is 0.767. The fraction of sp³-hybridized carbons (Fsp3) is 0.650. The molecule has 2 unspecified atom stereocenters. The number of ether oxygens (including phenoxy) is 2. The molecule has 27 heavy (non-hydrogen) atoms. The number of rotatable bonds is 7. The van der Waals surface area contributed by atoms with Crippen molar-refractivity contribution < 1.29 is 13.9 Å². The molecule has 1 aliphatic heterocycles. The molecule has 2 aliphatic rings. The van der Waals surface area contributed by atoms with E-state index < -0.39 is 0 Å². The zero-order valence-corrected chi connectivity index (χ0v) is 16.8. The number of hydrogen-bond acceptors (Lipinski definition) is 3. The third kappa shape index (κ3) is 5.33. The molecule has 1 aromatic carbocycles. The summed E-state index contributed by atoms with van der Waals surface area (Å²) in [4.78, 5) is 6.68. The molecule has 7 heteroatoms. The Morgan fingerprint density at radius 3 is 2.78 bits per heavy atom. The minimum Gasteiger partial charge on any atom is -0.385 e. The normalized spacial score (nSPS) is 23.6. The number of hydrogen-bond donors (Lipinski definition) is 1. The van der Waals surface area contributed by atoms with E-state index in [2.05, 4.69) is 15.2 Å². The number of piperidine rings is 1. The summed E-state index contributed by atoms with van der Waals surface area (Å²) in [6, 6.07) is 5.05. The molecule has 2 atom stereocenters. The van der Waals surface area contributed by atoms with Crippen molar-refractivity contribution in [2.45, 2.75) is 43.7 Å². The number of nitrogens with zero attached hydrogens (tertiary/aromatic N) is 2. The molecule has 1 aromatic rings. The molecule has 5 nitrogen and oxygen atoms in total. The first kappa shape index (κ1) is 20.4.